The molecule has 1 N–H and O–H groups in total. The Bertz CT molecular complexity index is 728. The molecule has 4 nitrogen and oxygen atoms in total. The van der Waals surface area contributed by atoms with Crippen molar-refractivity contribution in [1.29, 1.82) is 0 Å². The van der Waals surface area contributed by atoms with Crippen molar-refractivity contribution in [1.82, 2.24) is 5.32 Å². The number of ether oxygens (including phenoxy) is 2. The molecular formula is C20H25NO3S. The van der Waals surface area contributed by atoms with E-state index in [4.69, 9.17) is 9.47 Å². The van der Waals surface area contributed by atoms with E-state index in [9.17, 15) is 4.79 Å². The molecular weight excluding hydrogens is 334 g/mol. The zero-order valence-corrected chi connectivity index (χ0v) is 16.2. The van der Waals surface area contributed by atoms with Gasteiger partial charge in [-0.1, -0.05) is 17.7 Å². The Kier molecular flexibility index (Phi) is 6.76. The number of hydrogen-bond acceptors (Lipinski definition) is 4. The first-order valence-corrected chi connectivity index (χ1v) is 9.14. The molecule has 0 saturated heterocycles. The maximum absolute atomic E-state index is 12.3. The highest BCUT2D eigenvalue weighted by Crippen LogP contribution is 2.32. The number of aryl methyl sites for hydroxylation is 2. The minimum absolute atomic E-state index is 0.00672. The molecule has 0 aliphatic carbocycles. The summed E-state index contributed by atoms with van der Waals surface area (Å²) in [5, 5.41) is 3.05. The van der Waals surface area contributed by atoms with Crippen LogP contribution in [0.25, 0.3) is 0 Å². The van der Waals surface area contributed by atoms with Crippen molar-refractivity contribution in [2.24, 2.45) is 0 Å². The van der Waals surface area contributed by atoms with Crippen LogP contribution in [0.1, 0.15) is 29.7 Å². The highest BCUT2D eigenvalue weighted by Gasteiger charge is 2.16. The van der Waals surface area contributed by atoms with Gasteiger partial charge in [0.2, 0.25) is 5.91 Å². The summed E-state index contributed by atoms with van der Waals surface area (Å²) in [4.78, 5) is 13.4. The topological polar surface area (TPSA) is 47.6 Å². The molecule has 5 heteroatoms. The molecule has 2 aromatic carbocycles. The zero-order valence-electron chi connectivity index (χ0n) is 15.4. The number of thioether (sulfide) groups is 1. The van der Waals surface area contributed by atoms with Gasteiger partial charge in [0.1, 0.15) is 0 Å². The fraction of sp³-hybridized carbons (Fsp3) is 0.350. The van der Waals surface area contributed by atoms with Gasteiger partial charge in [-0.2, -0.15) is 0 Å². The molecule has 2 rings (SSSR count). The summed E-state index contributed by atoms with van der Waals surface area (Å²) < 4.78 is 10.7. The highest BCUT2D eigenvalue weighted by molar-refractivity contribution is 8.00. The van der Waals surface area contributed by atoms with Crippen LogP contribution in [0.3, 0.4) is 0 Å². The molecule has 0 bridgehead atoms. The second-order valence-electron chi connectivity index (χ2n) is 5.95. The lowest BCUT2D eigenvalue weighted by Crippen LogP contribution is -2.28. The predicted molar refractivity (Wildman–Crippen MR) is 103 cm³/mol. The Labute approximate surface area is 153 Å². The lowest BCUT2D eigenvalue weighted by molar-refractivity contribution is -0.119. The molecule has 0 aliphatic heterocycles. The molecule has 2 aromatic rings. The Morgan fingerprint density at radius 1 is 1.08 bits per heavy atom. The molecule has 134 valence electrons. The molecule has 1 amide bonds. The predicted octanol–water partition coefficient (Wildman–Crippen LogP) is 4.29. The Balaban J connectivity index is 1.99. The fourth-order valence-corrected chi connectivity index (χ4v) is 3.32. The van der Waals surface area contributed by atoms with E-state index in [1.165, 1.54) is 17.3 Å². The third kappa shape index (κ3) is 5.16. The minimum atomic E-state index is -0.106. The minimum Gasteiger partial charge on any atom is -0.493 e. The number of carbonyl (C=O) groups is 1. The van der Waals surface area contributed by atoms with Crippen LogP contribution in [0.15, 0.2) is 41.3 Å². The molecule has 0 spiro atoms. The maximum atomic E-state index is 12.3. The van der Waals surface area contributed by atoms with Gasteiger partial charge in [-0.25, -0.2) is 0 Å². The number of carbonyl (C=O) groups excluding carboxylic acids is 1. The second kappa shape index (κ2) is 8.81. The van der Waals surface area contributed by atoms with E-state index in [1.54, 1.807) is 14.2 Å². The van der Waals surface area contributed by atoms with Crippen LogP contribution in [0.4, 0.5) is 0 Å². The average molecular weight is 359 g/mol. The standard InChI is InChI=1S/C20H25NO3S/c1-13-6-8-16(9-7-13)25-12-20(22)21-15(3)17-11-19(24-5)18(23-4)10-14(17)2/h6-11,15H,12H2,1-5H3,(H,21,22). The van der Waals surface area contributed by atoms with E-state index >= 15 is 0 Å². The van der Waals surface area contributed by atoms with E-state index in [0.29, 0.717) is 17.3 Å². The van der Waals surface area contributed by atoms with E-state index in [0.717, 1.165) is 16.0 Å². The van der Waals surface area contributed by atoms with Crippen molar-refractivity contribution in [3.8, 4) is 11.5 Å². The van der Waals surface area contributed by atoms with Crippen molar-refractivity contribution in [3.05, 3.63) is 53.1 Å². The van der Waals surface area contributed by atoms with E-state index < -0.39 is 0 Å². The number of amides is 1. The molecule has 25 heavy (non-hydrogen) atoms. The SMILES string of the molecule is COc1cc(C)c(C(C)NC(=O)CSc2ccc(C)cc2)cc1OC. The molecule has 0 heterocycles. The van der Waals surface area contributed by atoms with E-state index in [1.807, 2.05) is 45.0 Å². The second-order valence-corrected chi connectivity index (χ2v) is 7.00. The van der Waals surface area contributed by atoms with Crippen LogP contribution in [-0.4, -0.2) is 25.9 Å². The van der Waals surface area contributed by atoms with Crippen LogP contribution in [0, 0.1) is 13.8 Å². The van der Waals surface area contributed by atoms with Gasteiger partial charge in [0, 0.05) is 4.90 Å². The van der Waals surface area contributed by atoms with Gasteiger partial charge in [0.05, 0.1) is 26.0 Å². The Morgan fingerprint density at radius 2 is 1.68 bits per heavy atom. The quantitative estimate of drug-likeness (QED) is 0.749. The normalized spacial score (nSPS) is 11.7. The number of rotatable bonds is 7. The fourth-order valence-electron chi connectivity index (χ4n) is 2.61. The summed E-state index contributed by atoms with van der Waals surface area (Å²) >= 11 is 1.54. The first-order chi connectivity index (χ1) is 11.9. The molecule has 1 unspecified atom stereocenters. The summed E-state index contributed by atoms with van der Waals surface area (Å²) in [5.74, 6) is 1.75. The number of benzene rings is 2. The summed E-state index contributed by atoms with van der Waals surface area (Å²) in [6.07, 6.45) is 0. The van der Waals surface area contributed by atoms with Crippen LogP contribution in [0.2, 0.25) is 0 Å². The zero-order chi connectivity index (χ0) is 18.4. The van der Waals surface area contributed by atoms with E-state index in [2.05, 4.69) is 17.4 Å². The van der Waals surface area contributed by atoms with E-state index in [-0.39, 0.29) is 11.9 Å². The molecule has 0 fully saturated rings. The molecule has 1 atom stereocenters. The molecule has 0 aliphatic rings. The van der Waals surface area contributed by atoms with Crippen molar-refractivity contribution in [2.45, 2.75) is 31.7 Å². The maximum Gasteiger partial charge on any atom is 0.230 e. The lowest BCUT2D eigenvalue weighted by atomic mass is 10.0. The monoisotopic (exact) mass is 359 g/mol. The lowest BCUT2D eigenvalue weighted by Gasteiger charge is -2.19. The van der Waals surface area contributed by atoms with Crippen molar-refractivity contribution >= 4 is 17.7 Å². The Hall–Kier alpha value is -2.14. The largest absolute Gasteiger partial charge is 0.493 e. The Morgan fingerprint density at radius 3 is 2.28 bits per heavy atom. The van der Waals surface area contributed by atoms with Gasteiger partial charge in [-0.3, -0.25) is 4.79 Å². The summed E-state index contributed by atoms with van der Waals surface area (Å²) in [7, 11) is 3.23. The van der Waals surface area contributed by atoms with Gasteiger partial charge < -0.3 is 14.8 Å². The third-order valence-electron chi connectivity index (χ3n) is 4.01. The van der Waals surface area contributed by atoms with Crippen molar-refractivity contribution in [2.75, 3.05) is 20.0 Å². The molecule has 0 radical (unpaired) electrons. The van der Waals surface area contributed by atoms with Gasteiger partial charge in [-0.15, -0.1) is 11.8 Å². The highest BCUT2D eigenvalue weighted by atomic mass is 32.2. The summed E-state index contributed by atoms with van der Waals surface area (Å²) in [6.45, 7) is 6.03. The average Bonchev–Trinajstić information content (AvgIpc) is 2.60. The van der Waals surface area contributed by atoms with Crippen molar-refractivity contribution in [3.63, 3.8) is 0 Å². The van der Waals surface area contributed by atoms with Gasteiger partial charge in [-0.05, 0) is 56.2 Å². The van der Waals surface area contributed by atoms with Crippen LogP contribution >= 0.6 is 11.8 Å². The smallest absolute Gasteiger partial charge is 0.230 e. The summed E-state index contributed by atoms with van der Waals surface area (Å²) in [6, 6.07) is 11.9. The number of nitrogens with one attached hydrogen (secondary N) is 1. The van der Waals surface area contributed by atoms with Crippen molar-refractivity contribution < 1.29 is 14.3 Å². The first kappa shape index (κ1) is 19.2. The van der Waals surface area contributed by atoms with Crippen LogP contribution < -0.4 is 14.8 Å². The number of methoxy groups -OCH3 is 2. The van der Waals surface area contributed by atoms with Gasteiger partial charge in [0.15, 0.2) is 11.5 Å². The van der Waals surface area contributed by atoms with Crippen LogP contribution in [0.5, 0.6) is 11.5 Å². The molecule has 0 saturated carbocycles. The van der Waals surface area contributed by atoms with Gasteiger partial charge >= 0.3 is 0 Å². The summed E-state index contributed by atoms with van der Waals surface area (Å²) in [5.41, 5.74) is 3.29. The van der Waals surface area contributed by atoms with Crippen LogP contribution in [-0.2, 0) is 4.79 Å². The number of hydrogen-bond donors (Lipinski definition) is 1. The van der Waals surface area contributed by atoms with Gasteiger partial charge in [0.25, 0.3) is 0 Å². The third-order valence-corrected chi connectivity index (χ3v) is 5.02. The first-order valence-electron chi connectivity index (χ1n) is 8.16. The molecule has 0 aromatic heterocycles.